The number of hydrogen-bond donors (Lipinski definition) is 0. The molecule has 190 valence electrons. The van der Waals surface area contributed by atoms with Crippen LogP contribution in [-0.2, 0) is 26.8 Å². The summed E-state index contributed by atoms with van der Waals surface area (Å²) in [6.45, 7) is 7.23. The number of likely N-dealkylation sites (tertiary alicyclic amines) is 1. The van der Waals surface area contributed by atoms with Crippen LogP contribution in [0.1, 0.15) is 70.1 Å². The lowest BCUT2D eigenvalue weighted by Crippen LogP contribution is -2.40. The Labute approximate surface area is 209 Å². The van der Waals surface area contributed by atoms with Crippen molar-refractivity contribution in [2.75, 3.05) is 31.1 Å². The summed E-state index contributed by atoms with van der Waals surface area (Å²) in [5.74, 6) is 0.817. The zero-order valence-electron chi connectivity index (χ0n) is 20.9. The minimum absolute atomic E-state index is 0.0188. The molecule has 1 saturated heterocycles. The zero-order chi connectivity index (χ0) is 24.6. The van der Waals surface area contributed by atoms with Crippen LogP contribution in [0.2, 0.25) is 0 Å². The number of nitrogens with zero attached hydrogens (tertiary/aromatic N) is 3. The number of sulfonamides is 1. The smallest absolute Gasteiger partial charge is 0.243 e. The summed E-state index contributed by atoms with van der Waals surface area (Å²) in [7, 11) is -3.72. The van der Waals surface area contributed by atoms with E-state index in [1.807, 2.05) is 23.1 Å². The molecule has 0 spiro atoms. The fourth-order valence-corrected chi connectivity index (χ4v) is 7.66. The standard InChI is InChI=1S/C27H37N3O4S/c1-27(2)20-29(19-26(31)28-14-6-7-15-28)25-13-12-23(17-24(25)27)35(32,33)30(18-22-11-8-16-34-22)21-9-4-3-5-10-21/h8,11-13,16-17,21H,3-7,9-10,14-15,18-20H2,1-2H3. The molecule has 0 radical (unpaired) electrons. The van der Waals surface area contributed by atoms with Gasteiger partial charge >= 0.3 is 0 Å². The van der Waals surface area contributed by atoms with Crippen molar-refractivity contribution in [3.63, 3.8) is 0 Å². The van der Waals surface area contributed by atoms with Gasteiger partial charge in [0.25, 0.3) is 0 Å². The molecule has 2 aromatic rings. The third-order valence-corrected chi connectivity index (χ3v) is 9.78. The predicted molar refractivity (Wildman–Crippen MR) is 136 cm³/mol. The molecule has 0 unspecified atom stereocenters. The van der Waals surface area contributed by atoms with E-state index in [1.54, 1.807) is 22.7 Å². The van der Waals surface area contributed by atoms with Gasteiger partial charge < -0.3 is 14.2 Å². The minimum Gasteiger partial charge on any atom is -0.468 e. The van der Waals surface area contributed by atoms with E-state index in [9.17, 15) is 13.2 Å². The lowest BCUT2D eigenvalue weighted by Gasteiger charge is -2.33. The molecule has 1 aromatic heterocycles. The Hall–Kier alpha value is -2.32. The van der Waals surface area contributed by atoms with Gasteiger partial charge in [0.05, 0.1) is 24.2 Å². The van der Waals surface area contributed by atoms with Crippen molar-refractivity contribution in [1.29, 1.82) is 0 Å². The Bertz CT molecular complexity index is 1150. The van der Waals surface area contributed by atoms with Gasteiger partial charge in [-0.05, 0) is 61.6 Å². The van der Waals surface area contributed by atoms with E-state index in [4.69, 9.17) is 4.42 Å². The van der Waals surface area contributed by atoms with Crippen molar-refractivity contribution in [2.24, 2.45) is 0 Å². The molecule has 2 aliphatic heterocycles. The second-order valence-corrected chi connectivity index (χ2v) is 12.8. The maximum Gasteiger partial charge on any atom is 0.243 e. The number of carbonyl (C=O) groups is 1. The van der Waals surface area contributed by atoms with Crippen molar-refractivity contribution in [1.82, 2.24) is 9.21 Å². The molecule has 1 saturated carbocycles. The molecule has 3 aliphatic rings. The third kappa shape index (κ3) is 4.87. The van der Waals surface area contributed by atoms with Gasteiger partial charge in [0.15, 0.2) is 0 Å². The quantitative estimate of drug-likeness (QED) is 0.560. The zero-order valence-corrected chi connectivity index (χ0v) is 21.7. The third-order valence-electron chi connectivity index (χ3n) is 7.89. The number of amides is 1. The molecule has 0 atom stereocenters. The summed E-state index contributed by atoms with van der Waals surface area (Å²) in [6, 6.07) is 9.10. The van der Waals surface area contributed by atoms with E-state index in [-0.39, 0.29) is 23.9 Å². The number of anilines is 1. The molecule has 1 aliphatic carbocycles. The summed E-state index contributed by atoms with van der Waals surface area (Å²) >= 11 is 0. The highest BCUT2D eigenvalue weighted by Gasteiger charge is 2.39. The van der Waals surface area contributed by atoms with Gasteiger partial charge in [-0.15, -0.1) is 0 Å². The summed E-state index contributed by atoms with van der Waals surface area (Å²) in [5.41, 5.74) is 1.72. The first-order valence-electron chi connectivity index (χ1n) is 13.0. The monoisotopic (exact) mass is 499 g/mol. The summed E-state index contributed by atoms with van der Waals surface area (Å²) in [5, 5.41) is 0. The summed E-state index contributed by atoms with van der Waals surface area (Å²) in [6.07, 6.45) is 8.75. The van der Waals surface area contributed by atoms with E-state index in [0.29, 0.717) is 23.7 Å². The Kier molecular flexibility index (Phi) is 6.70. The lowest BCUT2D eigenvalue weighted by molar-refractivity contribution is -0.128. The predicted octanol–water partition coefficient (Wildman–Crippen LogP) is 4.52. The normalized spacial score (nSPS) is 20.5. The van der Waals surface area contributed by atoms with Gasteiger partial charge in [-0.1, -0.05) is 33.1 Å². The second-order valence-electron chi connectivity index (χ2n) is 10.9. The number of furan rings is 1. The summed E-state index contributed by atoms with van der Waals surface area (Å²) in [4.78, 5) is 17.2. The van der Waals surface area contributed by atoms with Gasteiger partial charge in [-0.25, -0.2) is 8.42 Å². The van der Waals surface area contributed by atoms with Crippen molar-refractivity contribution >= 4 is 21.6 Å². The fraction of sp³-hybridized carbons (Fsp3) is 0.593. The summed E-state index contributed by atoms with van der Waals surface area (Å²) < 4.78 is 35.2. The molecule has 0 N–H and O–H groups in total. The molecule has 0 bridgehead atoms. The van der Waals surface area contributed by atoms with E-state index in [0.717, 1.165) is 69.3 Å². The van der Waals surface area contributed by atoms with Crippen LogP contribution in [0.25, 0.3) is 0 Å². The number of rotatable bonds is 7. The van der Waals surface area contributed by atoms with Crippen LogP contribution in [0.5, 0.6) is 0 Å². The maximum absolute atomic E-state index is 14.0. The number of hydrogen-bond acceptors (Lipinski definition) is 5. The first kappa shape index (κ1) is 24.4. The Morgan fingerprint density at radius 3 is 2.51 bits per heavy atom. The van der Waals surface area contributed by atoms with Crippen molar-refractivity contribution in [3.05, 3.63) is 47.9 Å². The molecule has 1 aromatic carbocycles. The van der Waals surface area contributed by atoms with Crippen LogP contribution >= 0.6 is 0 Å². The largest absolute Gasteiger partial charge is 0.468 e. The van der Waals surface area contributed by atoms with E-state index in [2.05, 4.69) is 18.7 Å². The van der Waals surface area contributed by atoms with Crippen molar-refractivity contribution in [3.8, 4) is 0 Å². The van der Waals surface area contributed by atoms with Crippen LogP contribution in [-0.4, -0.2) is 55.8 Å². The van der Waals surface area contributed by atoms with Gasteiger partial charge in [-0.3, -0.25) is 4.79 Å². The molecule has 3 heterocycles. The maximum atomic E-state index is 14.0. The Balaban J connectivity index is 1.44. The van der Waals surface area contributed by atoms with Crippen LogP contribution < -0.4 is 4.90 Å². The molecular weight excluding hydrogens is 462 g/mol. The molecule has 2 fully saturated rings. The van der Waals surface area contributed by atoms with E-state index < -0.39 is 10.0 Å². The highest BCUT2D eigenvalue weighted by Crippen LogP contribution is 2.42. The number of fused-ring (bicyclic) bond motifs is 1. The second kappa shape index (κ2) is 9.62. The first-order valence-corrected chi connectivity index (χ1v) is 14.4. The lowest BCUT2D eigenvalue weighted by atomic mass is 9.87. The van der Waals surface area contributed by atoms with Gasteiger partial charge in [-0.2, -0.15) is 4.31 Å². The van der Waals surface area contributed by atoms with Crippen molar-refractivity contribution in [2.45, 2.75) is 81.7 Å². The van der Waals surface area contributed by atoms with Crippen LogP contribution in [0.4, 0.5) is 5.69 Å². The number of carbonyl (C=O) groups excluding carboxylic acids is 1. The fourth-order valence-electron chi connectivity index (χ4n) is 5.98. The van der Waals surface area contributed by atoms with Crippen LogP contribution in [0.15, 0.2) is 45.9 Å². The van der Waals surface area contributed by atoms with E-state index >= 15 is 0 Å². The minimum atomic E-state index is -3.72. The molecule has 7 nitrogen and oxygen atoms in total. The average Bonchev–Trinajstić information content (AvgIpc) is 3.60. The van der Waals surface area contributed by atoms with Crippen molar-refractivity contribution < 1.29 is 17.6 Å². The molecule has 35 heavy (non-hydrogen) atoms. The first-order chi connectivity index (χ1) is 16.8. The Morgan fingerprint density at radius 1 is 1.09 bits per heavy atom. The average molecular weight is 500 g/mol. The molecule has 1 amide bonds. The number of benzene rings is 1. The van der Waals surface area contributed by atoms with Crippen LogP contribution in [0.3, 0.4) is 0 Å². The topological polar surface area (TPSA) is 74.1 Å². The Morgan fingerprint density at radius 2 is 1.83 bits per heavy atom. The molecule has 5 rings (SSSR count). The van der Waals surface area contributed by atoms with Gasteiger partial charge in [0, 0.05) is 36.8 Å². The van der Waals surface area contributed by atoms with Gasteiger partial charge in [0.1, 0.15) is 5.76 Å². The SMILES string of the molecule is CC1(C)CN(CC(=O)N2CCCC2)c2ccc(S(=O)(=O)N(Cc3ccco3)C3CCCCC3)cc21. The van der Waals surface area contributed by atoms with E-state index in [1.165, 1.54) is 0 Å². The molecule has 8 heteroatoms. The highest BCUT2D eigenvalue weighted by atomic mass is 32.2. The van der Waals surface area contributed by atoms with Gasteiger partial charge in [0.2, 0.25) is 15.9 Å². The van der Waals surface area contributed by atoms with Crippen LogP contribution in [0, 0.1) is 0 Å². The molecular formula is C27H37N3O4S. The highest BCUT2D eigenvalue weighted by molar-refractivity contribution is 7.89.